The highest BCUT2D eigenvalue weighted by atomic mass is 32.2. The fourth-order valence-corrected chi connectivity index (χ4v) is 2.59. The first kappa shape index (κ1) is 17.3. The van der Waals surface area contributed by atoms with Gasteiger partial charge < -0.3 is 14.2 Å². The van der Waals surface area contributed by atoms with E-state index in [2.05, 4.69) is 9.46 Å². The van der Waals surface area contributed by atoms with Gasteiger partial charge in [-0.25, -0.2) is 0 Å². The second-order valence-corrected chi connectivity index (χ2v) is 6.81. The van der Waals surface area contributed by atoms with Crippen molar-refractivity contribution in [1.29, 1.82) is 0 Å². The highest BCUT2D eigenvalue weighted by molar-refractivity contribution is 7.87. The second-order valence-electron chi connectivity index (χ2n) is 4.95. The third-order valence-corrected chi connectivity index (χ3v) is 4.36. The van der Waals surface area contributed by atoms with Gasteiger partial charge in [0.25, 0.3) is 10.2 Å². The van der Waals surface area contributed by atoms with Gasteiger partial charge in [0.1, 0.15) is 0 Å². The molecule has 0 amide bonds. The molecule has 0 bridgehead atoms. The molecule has 0 aliphatic carbocycles. The Bertz CT molecular complexity index is 436. The zero-order chi connectivity index (χ0) is 15.4. The number of hydrogen-bond donors (Lipinski definition) is 1. The summed E-state index contributed by atoms with van der Waals surface area (Å²) in [5, 5.41) is 0. The van der Waals surface area contributed by atoms with Gasteiger partial charge in [0.2, 0.25) is 0 Å². The lowest BCUT2D eigenvalue weighted by Crippen LogP contribution is -2.43. The minimum absolute atomic E-state index is 0.00395. The van der Waals surface area contributed by atoms with E-state index in [1.54, 1.807) is 13.8 Å². The summed E-state index contributed by atoms with van der Waals surface area (Å²) >= 11 is 0. The van der Waals surface area contributed by atoms with E-state index in [4.69, 9.17) is 9.47 Å². The van der Waals surface area contributed by atoms with Crippen molar-refractivity contribution in [3.8, 4) is 0 Å². The van der Waals surface area contributed by atoms with E-state index in [0.29, 0.717) is 6.61 Å². The van der Waals surface area contributed by atoms with E-state index in [9.17, 15) is 13.2 Å². The Labute approximate surface area is 119 Å². The van der Waals surface area contributed by atoms with Crippen LogP contribution in [0.15, 0.2) is 0 Å². The molecule has 9 heteroatoms. The summed E-state index contributed by atoms with van der Waals surface area (Å²) in [7, 11) is -1.00. The Kier molecular flexibility index (Phi) is 5.90. The lowest BCUT2D eigenvalue weighted by molar-refractivity contribution is -0.140. The maximum Gasteiger partial charge on any atom is 0.306 e. The van der Waals surface area contributed by atoms with Crippen LogP contribution in [0.25, 0.3) is 0 Å². The predicted molar refractivity (Wildman–Crippen MR) is 71.1 cm³/mol. The van der Waals surface area contributed by atoms with Crippen LogP contribution in [0.2, 0.25) is 0 Å². The van der Waals surface area contributed by atoms with Crippen molar-refractivity contribution >= 4 is 16.2 Å². The molecule has 1 aliphatic heterocycles. The molecule has 0 spiro atoms. The maximum absolute atomic E-state index is 11.9. The molecule has 8 nitrogen and oxygen atoms in total. The molecule has 1 N–H and O–H groups in total. The number of ether oxygens (including phenoxy) is 3. The molecular weight excluding hydrogens is 288 g/mol. The zero-order valence-corrected chi connectivity index (χ0v) is 13.0. The number of rotatable bonds is 7. The molecule has 20 heavy (non-hydrogen) atoms. The molecule has 1 aliphatic rings. The summed E-state index contributed by atoms with van der Waals surface area (Å²) in [5.74, 6) is -1.14. The fraction of sp³-hybridized carbons (Fsp3) is 0.909. The first-order valence-electron chi connectivity index (χ1n) is 6.26. The molecule has 0 aromatic heterocycles. The zero-order valence-electron chi connectivity index (χ0n) is 12.2. The first-order chi connectivity index (χ1) is 9.16. The molecule has 0 saturated carbocycles. The predicted octanol–water partition coefficient (Wildman–Crippen LogP) is -0.533. The van der Waals surface area contributed by atoms with E-state index in [0.717, 1.165) is 4.31 Å². The summed E-state index contributed by atoms with van der Waals surface area (Å²) in [5.41, 5.74) is 0. The van der Waals surface area contributed by atoms with E-state index < -0.39 is 22.0 Å². The van der Waals surface area contributed by atoms with Crippen LogP contribution >= 0.6 is 0 Å². The standard InChI is InChI=1S/C11H22N2O6S/c1-11(2)18-8-9(19-11)7-12-20(15,16)13(3)6-5-10(14)17-4/h9,12H,5-8H2,1-4H3. The molecule has 1 rings (SSSR count). The van der Waals surface area contributed by atoms with Gasteiger partial charge in [-0.1, -0.05) is 0 Å². The minimum atomic E-state index is -3.65. The van der Waals surface area contributed by atoms with Crippen LogP contribution in [-0.4, -0.2) is 64.4 Å². The Balaban J connectivity index is 2.39. The summed E-state index contributed by atoms with van der Waals surface area (Å²) in [6.45, 7) is 4.04. The second kappa shape index (κ2) is 6.81. The van der Waals surface area contributed by atoms with Crippen molar-refractivity contribution in [2.45, 2.75) is 32.2 Å². The van der Waals surface area contributed by atoms with Crippen molar-refractivity contribution in [1.82, 2.24) is 9.03 Å². The van der Waals surface area contributed by atoms with Gasteiger partial charge in [0.05, 0.1) is 26.2 Å². The van der Waals surface area contributed by atoms with Gasteiger partial charge in [0, 0.05) is 20.1 Å². The van der Waals surface area contributed by atoms with Gasteiger partial charge in [-0.3, -0.25) is 4.79 Å². The number of nitrogens with one attached hydrogen (secondary N) is 1. The normalized spacial score (nSPS) is 22.1. The van der Waals surface area contributed by atoms with Crippen LogP contribution in [0.4, 0.5) is 0 Å². The van der Waals surface area contributed by atoms with Crippen molar-refractivity contribution in [3.05, 3.63) is 0 Å². The Morgan fingerprint density at radius 1 is 1.50 bits per heavy atom. The summed E-state index contributed by atoms with van der Waals surface area (Å²) < 4.78 is 42.6. The first-order valence-corrected chi connectivity index (χ1v) is 7.70. The Morgan fingerprint density at radius 3 is 2.65 bits per heavy atom. The van der Waals surface area contributed by atoms with Crippen LogP contribution in [0.5, 0.6) is 0 Å². The van der Waals surface area contributed by atoms with E-state index >= 15 is 0 Å². The van der Waals surface area contributed by atoms with Crippen molar-refractivity contribution in [3.63, 3.8) is 0 Å². The average Bonchev–Trinajstić information content (AvgIpc) is 2.72. The molecule has 0 radical (unpaired) electrons. The van der Waals surface area contributed by atoms with Crippen LogP contribution in [0, 0.1) is 0 Å². The molecular formula is C11H22N2O6S. The molecule has 1 unspecified atom stereocenters. The van der Waals surface area contributed by atoms with Gasteiger partial charge >= 0.3 is 5.97 Å². The van der Waals surface area contributed by atoms with Crippen molar-refractivity contribution < 1.29 is 27.4 Å². The van der Waals surface area contributed by atoms with Gasteiger partial charge in [-0.2, -0.15) is 17.4 Å². The Hall–Kier alpha value is -0.740. The van der Waals surface area contributed by atoms with E-state index in [1.807, 2.05) is 0 Å². The third kappa shape index (κ3) is 5.33. The highest BCUT2D eigenvalue weighted by Crippen LogP contribution is 2.21. The third-order valence-electron chi connectivity index (χ3n) is 2.83. The molecule has 1 heterocycles. The number of nitrogens with zero attached hydrogens (tertiary/aromatic N) is 1. The number of methoxy groups -OCH3 is 1. The lowest BCUT2D eigenvalue weighted by Gasteiger charge is -2.20. The molecule has 1 fully saturated rings. The molecule has 118 valence electrons. The summed E-state index contributed by atoms with van der Waals surface area (Å²) in [6.07, 6.45) is -0.321. The SMILES string of the molecule is COC(=O)CCN(C)S(=O)(=O)NCC1COC(C)(C)O1. The maximum atomic E-state index is 11.9. The van der Waals surface area contributed by atoms with Gasteiger partial charge in [-0.15, -0.1) is 0 Å². The number of esters is 1. The van der Waals surface area contributed by atoms with Crippen LogP contribution < -0.4 is 4.72 Å². The number of hydrogen-bond acceptors (Lipinski definition) is 6. The smallest absolute Gasteiger partial charge is 0.306 e. The van der Waals surface area contributed by atoms with Crippen LogP contribution in [0.1, 0.15) is 20.3 Å². The Morgan fingerprint density at radius 2 is 2.15 bits per heavy atom. The highest BCUT2D eigenvalue weighted by Gasteiger charge is 2.33. The fourth-order valence-electron chi connectivity index (χ4n) is 1.64. The molecule has 0 aromatic rings. The number of carbonyl (C=O) groups is 1. The van der Waals surface area contributed by atoms with E-state index in [1.165, 1.54) is 14.2 Å². The summed E-state index contributed by atoms with van der Waals surface area (Å²) in [6, 6.07) is 0. The van der Waals surface area contributed by atoms with Crippen molar-refractivity contribution in [2.24, 2.45) is 0 Å². The van der Waals surface area contributed by atoms with Crippen molar-refractivity contribution in [2.75, 3.05) is 33.9 Å². The largest absolute Gasteiger partial charge is 0.469 e. The van der Waals surface area contributed by atoms with Crippen LogP contribution in [0.3, 0.4) is 0 Å². The molecule has 1 atom stereocenters. The van der Waals surface area contributed by atoms with E-state index in [-0.39, 0.29) is 25.6 Å². The van der Waals surface area contributed by atoms with Crippen LogP contribution in [-0.2, 0) is 29.2 Å². The number of carbonyl (C=O) groups excluding carboxylic acids is 1. The van der Waals surface area contributed by atoms with Gasteiger partial charge in [-0.05, 0) is 13.8 Å². The lowest BCUT2D eigenvalue weighted by atomic mass is 10.4. The summed E-state index contributed by atoms with van der Waals surface area (Å²) in [4.78, 5) is 11.0. The molecule has 0 aromatic carbocycles. The molecule has 1 saturated heterocycles. The monoisotopic (exact) mass is 310 g/mol. The topological polar surface area (TPSA) is 94.2 Å². The minimum Gasteiger partial charge on any atom is -0.469 e. The quantitative estimate of drug-likeness (QED) is 0.635. The van der Waals surface area contributed by atoms with Gasteiger partial charge in [0.15, 0.2) is 5.79 Å². The average molecular weight is 310 g/mol.